The number of aromatic carboxylic acids is 1. The van der Waals surface area contributed by atoms with Gasteiger partial charge in [0.25, 0.3) is 0 Å². The number of benzene rings is 1. The van der Waals surface area contributed by atoms with E-state index in [0.717, 1.165) is 18.8 Å². The Morgan fingerprint density at radius 2 is 2.05 bits per heavy atom. The van der Waals surface area contributed by atoms with E-state index in [1.165, 1.54) is 25.3 Å². The van der Waals surface area contributed by atoms with Crippen molar-refractivity contribution in [1.82, 2.24) is 0 Å². The van der Waals surface area contributed by atoms with Gasteiger partial charge in [0.15, 0.2) is 0 Å². The van der Waals surface area contributed by atoms with Gasteiger partial charge < -0.3 is 9.84 Å². The average Bonchev–Trinajstić information content (AvgIpc) is 2.41. The molecule has 1 aromatic carbocycles. The number of halogens is 1. The lowest BCUT2D eigenvalue weighted by molar-refractivity contribution is 0.0695. The molecule has 0 unspecified atom stereocenters. The van der Waals surface area contributed by atoms with Gasteiger partial charge >= 0.3 is 5.97 Å². The summed E-state index contributed by atoms with van der Waals surface area (Å²) in [6.45, 7) is 2.23. The van der Waals surface area contributed by atoms with Crippen molar-refractivity contribution < 1.29 is 14.6 Å². The lowest BCUT2D eigenvalue weighted by atomic mass is 9.86. The van der Waals surface area contributed by atoms with Crippen LogP contribution in [0.4, 0.5) is 0 Å². The molecule has 2 rings (SSSR count). The van der Waals surface area contributed by atoms with Gasteiger partial charge in [-0.2, -0.15) is 0 Å². The molecule has 1 aliphatic carbocycles. The zero-order valence-corrected chi connectivity index (χ0v) is 11.8. The molecule has 0 bridgehead atoms. The van der Waals surface area contributed by atoms with Crippen molar-refractivity contribution in [2.45, 2.75) is 45.1 Å². The van der Waals surface area contributed by atoms with E-state index in [0.29, 0.717) is 5.75 Å². The lowest BCUT2D eigenvalue weighted by Crippen LogP contribution is -2.24. The van der Waals surface area contributed by atoms with Gasteiger partial charge in [0.2, 0.25) is 0 Å². The molecule has 0 spiro atoms. The first-order valence-corrected chi connectivity index (χ1v) is 7.17. The SMILES string of the molecule is CCC1CCC(Oc2ccc(Cl)c(C(=O)O)c2)CC1. The third kappa shape index (κ3) is 3.63. The molecular formula is C15H19ClO3. The second kappa shape index (κ2) is 6.29. The largest absolute Gasteiger partial charge is 0.490 e. The fourth-order valence-corrected chi connectivity index (χ4v) is 2.79. The molecule has 1 saturated carbocycles. The van der Waals surface area contributed by atoms with E-state index in [-0.39, 0.29) is 16.7 Å². The first kappa shape index (κ1) is 14.2. The monoisotopic (exact) mass is 282 g/mol. The number of rotatable bonds is 4. The van der Waals surface area contributed by atoms with E-state index in [4.69, 9.17) is 21.4 Å². The van der Waals surface area contributed by atoms with E-state index in [1.807, 2.05) is 0 Å². The molecule has 19 heavy (non-hydrogen) atoms. The lowest BCUT2D eigenvalue weighted by Gasteiger charge is -2.28. The van der Waals surface area contributed by atoms with Crippen LogP contribution in [0.25, 0.3) is 0 Å². The first-order chi connectivity index (χ1) is 9.10. The van der Waals surface area contributed by atoms with Crippen molar-refractivity contribution in [3.8, 4) is 5.75 Å². The predicted molar refractivity (Wildman–Crippen MR) is 75.1 cm³/mol. The number of carbonyl (C=O) groups is 1. The summed E-state index contributed by atoms with van der Waals surface area (Å²) in [5, 5.41) is 9.27. The second-order valence-electron chi connectivity index (χ2n) is 5.12. The van der Waals surface area contributed by atoms with E-state index in [9.17, 15) is 4.79 Å². The molecule has 0 atom stereocenters. The topological polar surface area (TPSA) is 46.5 Å². The Morgan fingerprint density at radius 3 is 2.63 bits per heavy atom. The van der Waals surface area contributed by atoms with E-state index in [2.05, 4.69) is 6.92 Å². The maximum atomic E-state index is 11.0. The van der Waals surface area contributed by atoms with Crippen LogP contribution in [0.2, 0.25) is 5.02 Å². The van der Waals surface area contributed by atoms with Crippen molar-refractivity contribution in [2.24, 2.45) is 5.92 Å². The summed E-state index contributed by atoms with van der Waals surface area (Å²) >= 11 is 5.84. The van der Waals surface area contributed by atoms with E-state index < -0.39 is 5.97 Å². The first-order valence-electron chi connectivity index (χ1n) is 6.79. The summed E-state index contributed by atoms with van der Waals surface area (Å²) < 4.78 is 5.87. The van der Waals surface area contributed by atoms with Gasteiger partial charge in [0, 0.05) is 0 Å². The summed E-state index contributed by atoms with van der Waals surface area (Å²) in [6.07, 6.45) is 5.91. The normalized spacial score (nSPS) is 23.1. The fraction of sp³-hybridized carbons (Fsp3) is 0.533. The second-order valence-corrected chi connectivity index (χ2v) is 5.52. The van der Waals surface area contributed by atoms with Crippen LogP contribution < -0.4 is 4.74 Å². The Morgan fingerprint density at radius 1 is 1.37 bits per heavy atom. The molecule has 4 heteroatoms. The van der Waals surface area contributed by atoms with Gasteiger partial charge in [-0.1, -0.05) is 24.9 Å². The molecular weight excluding hydrogens is 264 g/mol. The molecule has 0 radical (unpaired) electrons. The molecule has 0 heterocycles. The molecule has 3 nitrogen and oxygen atoms in total. The van der Waals surface area contributed by atoms with Crippen LogP contribution in [0.5, 0.6) is 5.75 Å². The molecule has 0 amide bonds. The fourth-order valence-electron chi connectivity index (χ4n) is 2.59. The van der Waals surface area contributed by atoms with Crippen LogP contribution in [-0.2, 0) is 0 Å². The minimum Gasteiger partial charge on any atom is -0.490 e. The minimum atomic E-state index is -1.02. The summed E-state index contributed by atoms with van der Waals surface area (Å²) in [6, 6.07) is 4.83. The van der Waals surface area contributed by atoms with Gasteiger partial charge in [-0.15, -0.1) is 0 Å². The summed E-state index contributed by atoms with van der Waals surface area (Å²) in [5.41, 5.74) is 0.0985. The molecule has 1 aliphatic rings. The Balaban J connectivity index is 2.00. The molecule has 104 valence electrons. The molecule has 0 aliphatic heterocycles. The molecule has 0 aromatic heterocycles. The molecule has 1 aromatic rings. The molecule has 0 saturated heterocycles. The predicted octanol–water partition coefficient (Wildman–Crippen LogP) is 4.39. The maximum Gasteiger partial charge on any atom is 0.337 e. The van der Waals surface area contributed by atoms with Crippen molar-refractivity contribution in [1.29, 1.82) is 0 Å². The van der Waals surface area contributed by atoms with Gasteiger partial charge in [-0.25, -0.2) is 4.79 Å². The summed E-state index contributed by atoms with van der Waals surface area (Å²) in [7, 11) is 0. The highest BCUT2D eigenvalue weighted by Gasteiger charge is 2.21. The highest BCUT2D eigenvalue weighted by molar-refractivity contribution is 6.33. The van der Waals surface area contributed by atoms with Crippen molar-refractivity contribution in [3.05, 3.63) is 28.8 Å². The van der Waals surface area contributed by atoms with E-state index in [1.54, 1.807) is 12.1 Å². The molecule has 1 fully saturated rings. The van der Waals surface area contributed by atoms with Crippen LogP contribution in [0.15, 0.2) is 18.2 Å². The van der Waals surface area contributed by atoms with Crippen LogP contribution in [0.1, 0.15) is 49.4 Å². The number of hydrogen-bond acceptors (Lipinski definition) is 2. The smallest absolute Gasteiger partial charge is 0.337 e. The van der Waals surface area contributed by atoms with Gasteiger partial charge in [-0.3, -0.25) is 0 Å². The number of hydrogen-bond donors (Lipinski definition) is 1. The minimum absolute atomic E-state index is 0.0985. The van der Waals surface area contributed by atoms with Gasteiger partial charge in [0.05, 0.1) is 16.7 Å². The quantitative estimate of drug-likeness (QED) is 0.891. The van der Waals surface area contributed by atoms with Crippen molar-refractivity contribution in [3.63, 3.8) is 0 Å². The van der Waals surface area contributed by atoms with Crippen LogP contribution >= 0.6 is 11.6 Å². The summed E-state index contributed by atoms with van der Waals surface area (Å²) in [5.74, 6) is 0.395. The van der Waals surface area contributed by atoms with Crippen LogP contribution in [0.3, 0.4) is 0 Å². The van der Waals surface area contributed by atoms with Gasteiger partial charge in [0.1, 0.15) is 5.75 Å². The number of carboxylic acid groups (broad SMARTS) is 1. The third-order valence-corrected chi connectivity index (χ3v) is 4.17. The van der Waals surface area contributed by atoms with Crippen molar-refractivity contribution in [2.75, 3.05) is 0 Å². The zero-order chi connectivity index (χ0) is 13.8. The number of carboxylic acids is 1. The maximum absolute atomic E-state index is 11.0. The van der Waals surface area contributed by atoms with Crippen LogP contribution in [0, 0.1) is 5.92 Å². The Bertz CT molecular complexity index is 451. The molecule has 1 N–H and O–H groups in total. The highest BCUT2D eigenvalue weighted by atomic mass is 35.5. The average molecular weight is 283 g/mol. The summed E-state index contributed by atoms with van der Waals surface area (Å²) in [4.78, 5) is 11.0. The Labute approximate surface area is 118 Å². The number of ether oxygens (including phenoxy) is 1. The Kier molecular flexibility index (Phi) is 4.70. The third-order valence-electron chi connectivity index (χ3n) is 3.84. The van der Waals surface area contributed by atoms with Crippen LogP contribution in [-0.4, -0.2) is 17.2 Å². The zero-order valence-electron chi connectivity index (χ0n) is 11.1. The van der Waals surface area contributed by atoms with Gasteiger partial charge in [-0.05, 0) is 49.8 Å². The van der Waals surface area contributed by atoms with Crippen molar-refractivity contribution >= 4 is 17.6 Å². The Hall–Kier alpha value is -1.22. The standard InChI is InChI=1S/C15H19ClO3/c1-2-10-3-5-11(6-4-10)19-12-7-8-14(16)13(9-12)15(17)18/h7-11H,2-6H2,1H3,(H,17,18). The highest BCUT2D eigenvalue weighted by Crippen LogP contribution is 2.30. The van der Waals surface area contributed by atoms with E-state index >= 15 is 0 Å².